The van der Waals surface area contributed by atoms with E-state index in [-0.39, 0.29) is 5.56 Å². The van der Waals surface area contributed by atoms with Crippen LogP contribution in [0.4, 0.5) is 0 Å². The zero-order valence-corrected chi connectivity index (χ0v) is 8.23. The fourth-order valence-corrected chi connectivity index (χ4v) is 1.10. The monoisotopic (exact) mass is 200 g/mol. The molecule has 78 valence electrons. The molecule has 0 aliphatic heterocycles. The summed E-state index contributed by atoms with van der Waals surface area (Å²) in [6.07, 6.45) is 0.535. The van der Waals surface area contributed by atoms with Gasteiger partial charge < -0.3 is 14.5 Å². The molecule has 0 aromatic carbocycles. The maximum atomic E-state index is 11.5. The standard InChI is InChI=1S/C8H12N2O4/c1-10-6(11)5(4-9-8(10)12)7(13-2)14-3/h4,7H,1-3H3,(H,9,12). The summed E-state index contributed by atoms with van der Waals surface area (Å²) in [5, 5.41) is 0. The summed E-state index contributed by atoms with van der Waals surface area (Å²) < 4.78 is 10.8. The Morgan fingerprint density at radius 3 is 2.43 bits per heavy atom. The van der Waals surface area contributed by atoms with E-state index in [4.69, 9.17) is 9.47 Å². The first-order valence-electron chi connectivity index (χ1n) is 3.96. The lowest BCUT2D eigenvalue weighted by Gasteiger charge is -2.12. The molecule has 0 fully saturated rings. The van der Waals surface area contributed by atoms with Gasteiger partial charge in [0.2, 0.25) is 0 Å². The van der Waals surface area contributed by atoms with Gasteiger partial charge in [-0.3, -0.25) is 9.36 Å². The Bertz CT molecular complexity index is 416. The van der Waals surface area contributed by atoms with E-state index in [1.165, 1.54) is 27.5 Å². The molecule has 0 aliphatic rings. The van der Waals surface area contributed by atoms with Crippen molar-refractivity contribution in [2.45, 2.75) is 6.29 Å². The highest BCUT2D eigenvalue weighted by molar-refractivity contribution is 5.06. The van der Waals surface area contributed by atoms with Crippen LogP contribution in [0.5, 0.6) is 0 Å². The van der Waals surface area contributed by atoms with Crippen molar-refractivity contribution in [3.05, 3.63) is 32.6 Å². The molecule has 0 spiro atoms. The van der Waals surface area contributed by atoms with Gasteiger partial charge >= 0.3 is 5.69 Å². The van der Waals surface area contributed by atoms with Crippen LogP contribution >= 0.6 is 0 Å². The summed E-state index contributed by atoms with van der Waals surface area (Å²) in [6, 6.07) is 0. The summed E-state index contributed by atoms with van der Waals surface area (Å²) >= 11 is 0. The van der Waals surface area contributed by atoms with E-state index in [0.29, 0.717) is 0 Å². The molecule has 0 unspecified atom stereocenters. The fourth-order valence-electron chi connectivity index (χ4n) is 1.10. The summed E-state index contributed by atoms with van der Waals surface area (Å²) in [4.78, 5) is 25.0. The number of aromatic nitrogens is 2. The van der Waals surface area contributed by atoms with E-state index in [1.54, 1.807) is 0 Å². The van der Waals surface area contributed by atoms with E-state index in [9.17, 15) is 9.59 Å². The van der Waals surface area contributed by atoms with Gasteiger partial charge in [-0.2, -0.15) is 0 Å². The number of nitrogens with zero attached hydrogens (tertiary/aromatic N) is 1. The number of aromatic amines is 1. The zero-order valence-electron chi connectivity index (χ0n) is 8.23. The Hall–Kier alpha value is -1.40. The van der Waals surface area contributed by atoms with Crippen molar-refractivity contribution in [3.63, 3.8) is 0 Å². The lowest BCUT2D eigenvalue weighted by molar-refractivity contribution is -0.107. The highest BCUT2D eigenvalue weighted by Gasteiger charge is 2.14. The number of hydrogen-bond donors (Lipinski definition) is 1. The molecule has 0 bridgehead atoms. The Balaban J connectivity index is 3.30. The number of H-pyrrole nitrogens is 1. The first-order valence-corrected chi connectivity index (χ1v) is 3.96. The highest BCUT2D eigenvalue weighted by Crippen LogP contribution is 2.10. The van der Waals surface area contributed by atoms with Crippen LogP contribution in [-0.2, 0) is 16.5 Å². The molecule has 1 rings (SSSR count). The third-order valence-electron chi connectivity index (χ3n) is 1.89. The molecule has 1 N–H and O–H groups in total. The van der Waals surface area contributed by atoms with Crippen LogP contribution in [0.25, 0.3) is 0 Å². The second-order valence-electron chi connectivity index (χ2n) is 2.72. The van der Waals surface area contributed by atoms with Crippen molar-refractivity contribution in [2.75, 3.05) is 14.2 Å². The SMILES string of the molecule is COC(OC)c1c[nH]c(=O)n(C)c1=O. The third kappa shape index (κ3) is 1.75. The highest BCUT2D eigenvalue weighted by atomic mass is 16.7. The molecule has 0 atom stereocenters. The third-order valence-corrected chi connectivity index (χ3v) is 1.89. The van der Waals surface area contributed by atoms with Crippen molar-refractivity contribution >= 4 is 0 Å². The average molecular weight is 200 g/mol. The van der Waals surface area contributed by atoms with Crippen LogP contribution in [0.1, 0.15) is 11.9 Å². The second-order valence-corrected chi connectivity index (χ2v) is 2.72. The smallest absolute Gasteiger partial charge is 0.328 e. The van der Waals surface area contributed by atoms with Crippen LogP contribution in [-0.4, -0.2) is 23.8 Å². The molecular formula is C8H12N2O4. The molecule has 0 saturated heterocycles. The lowest BCUT2D eigenvalue weighted by atomic mass is 10.3. The van der Waals surface area contributed by atoms with Gasteiger partial charge in [-0.25, -0.2) is 4.79 Å². The maximum absolute atomic E-state index is 11.5. The minimum atomic E-state index is -0.759. The van der Waals surface area contributed by atoms with Crippen LogP contribution in [0.2, 0.25) is 0 Å². The minimum Gasteiger partial charge on any atom is -0.351 e. The average Bonchev–Trinajstić information content (AvgIpc) is 2.19. The van der Waals surface area contributed by atoms with Crippen molar-refractivity contribution in [1.82, 2.24) is 9.55 Å². The summed E-state index contributed by atoms with van der Waals surface area (Å²) in [7, 11) is 4.21. The Labute approximate surface area is 80.1 Å². The van der Waals surface area contributed by atoms with E-state index in [1.807, 2.05) is 0 Å². The molecule has 1 heterocycles. The quantitative estimate of drug-likeness (QED) is 0.659. The van der Waals surface area contributed by atoms with E-state index < -0.39 is 17.5 Å². The molecule has 0 amide bonds. The van der Waals surface area contributed by atoms with Gasteiger partial charge in [0.05, 0.1) is 5.56 Å². The Morgan fingerprint density at radius 1 is 1.36 bits per heavy atom. The van der Waals surface area contributed by atoms with Crippen molar-refractivity contribution < 1.29 is 9.47 Å². The normalized spacial score (nSPS) is 10.9. The van der Waals surface area contributed by atoms with Gasteiger partial charge in [0.25, 0.3) is 5.56 Å². The molecule has 1 aromatic rings. The van der Waals surface area contributed by atoms with Gasteiger partial charge in [-0.15, -0.1) is 0 Å². The van der Waals surface area contributed by atoms with Gasteiger partial charge in [-0.1, -0.05) is 0 Å². The number of hydrogen-bond acceptors (Lipinski definition) is 4. The second kappa shape index (κ2) is 4.21. The molecule has 6 nitrogen and oxygen atoms in total. The van der Waals surface area contributed by atoms with Crippen molar-refractivity contribution in [2.24, 2.45) is 7.05 Å². The van der Waals surface area contributed by atoms with Crippen LogP contribution < -0.4 is 11.2 Å². The molecule has 0 aliphatic carbocycles. The molecule has 0 radical (unpaired) electrons. The Morgan fingerprint density at radius 2 is 1.93 bits per heavy atom. The first-order chi connectivity index (χ1) is 6.61. The van der Waals surface area contributed by atoms with E-state index >= 15 is 0 Å². The summed E-state index contributed by atoms with van der Waals surface area (Å²) in [5.74, 6) is 0. The predicted octanol–water partition coefficient (Wildman–Crippen LogP) is -0.635. The van der Waals surface area contributed by atoms with Crippen LogP contribution in [0, 0.1) is 0 Å². The van der Waals surface area contributed by atoms with Crippen LogP contribution in [0.3, 0.4) is 0 Å². The van der Waals surface area contributed by atoms with E-state index in [0.717, 1.165) is 4.57 Å². The zero-order chi connectivity index (χ0) is 10.7. The molecule has 0 saturated carbocycles. The van der Waals surface area contributed by atoms with Crippen molar-refractivity contribution in [1.29, 1.82) is 0 Å². The minimum absolute atomic E-state index is 0.261. The van der Waals surface area contributed by atoms with Crippen LogP contribution in [0.15, 0.2) is 15.8 Å². The lowest BCUT2D eigenvalue weighted by Crippen LogP contribution is -2.35. The number of nitrogens with one attached hydrogen (secondary N) is 1. The predicted molar refractivity (Wildman–Crippen MR) is 49.1 cm³/mol. The number of rotatable bonds is 3. The van der Waals surface area contributed by atoms with E-state index in [2.05, 4.69) is 4.98 Å². The maximum Gasteiger partial charge on any atom is 0.328 e. The van der Waals surface area contributed by atoms with Gasteiger partial charge in [0.1, 0.15) is 0 Å². The van der Waals surface area contributed by atoms with Crippen molar-refractivity contribution in [3.8, 4) is 0 Å². The Kier molecular flexibility index (Phi) is 3.21. The number of ether oxygens (including phenoxy) is 2. The molecule has 14 heavy (non-hydrogen) atoms. The first kappa shape index (κ1) is 10.7. The molecule has 6 heteroatoms. The molecular weight excluding hydrogens is 188 g/mol. The van der Waals surface area contributed by atoms with Gasteiger partial charge in [-0.05, 0) is 0 Å². The number of methoxy groups -OCH3 is 2. The fraction of sp³-hybridized carbons (Fsp3) is 0.500. The summed E-state index contributed by atoms with van der Waals surface area (Å²) in [5.41, 5.74) is -0.635. The summed E-state index contributed by atoms with van der Waals surface area (Å²) in [6.45, 7) is 0. The topological polar surface area (TPSA) is 73.3 Å². The van der Waals surface area contributed by atoms with Gasteiger partial charge in [0.15, 0.2) is 6.29 Å². The largest absolute Gasteiger partial charge is 0.351 e. The molecule has 1 aromatic heterocycles. The van der Waals surface area contributed by atoms with Gasteiger partial charge in [0, 0.05) is 27.5 Å².